The third-order valence-electron chi connectivity index (χ3n) is 5.21. The zero-order chi connectivity index (χ0) is 25.6. The number of carbonyl (C=O) groups excluding carboxylic acids is 1. The number of hydrogen-bond acceptors (Lipinski definition) is 7. The maximum atomic E-state index is 12.8. The molecule has 0 saturated carbocycles. The van der Waals surface area contributed by atoms with E-state index in [2.05, 4.69) is 0 Å². The molecule has 10 heteroatoms. The number of carbonyl (C=O) groups is 1. The van der Waals surface area contributed by atoms with Gasteiger partial charge in [-0.2, -0.15) is 0 Å². The van der Waals surface area contributed by atoms with Gasteiger partial charge >= 0.3 is 17.6 Å². The van der Waals surface area contributed by atoms with Crippen molar-refractivity contribution in [3.63, 3.8) is 0 Å². The number of Topliss-reactive ketones (excluding diaryl/α,β-unsaturated/α-hetero) is 1. The number of halogens is 1. The summed E-state index contributed by atoms with van der Waals surface area (Å²) in [5, 5.41) is 0.586. The van der Waals surface area contributed by atoms with Crippen LogP contribution >= 0.6 is 11.6 Å². The molecule has 0 aliphatic carbocycles. The van der Waals surface area contributed by atoms with Crippen LogP contribution in [0, 0.1) is 0 Å². The van der Waals surface area contributed by atoms with Gasteiger partial charge in [0.2, 0.25) is 0 Å². The SMILES string of the molecule is CCO[Si](CCc1cc(Cl)cc(CC[Si](OCC)(OCC)OCC)c1C(C)=O)(OCC)OCC. The average molecular weight is 535 g/mol. The summed E-state index contributed by atoms with van der Waals surface area (Å²) in [5.74, 6) is -0.00495. The van der Waals surface area contributed by atoms with Crippen molar-refractivity contribution in [2.75, 3.05) is 39.6 Å². The highest BCUT2D eigenvalue weighted by Gasteiger charge is 2.41. The first-order chi connectivity index (χ1) is 16.3. The summed E-state index contributed by atoms with van der Waals surface area (Å²) in [6.07, 6.45) is 1.14. The molecule has 0 aliphatic heterocycles. The van der Waals surface area contributed by atoms with E-state index in [1.165, 1.54) is 0 Å². The summed E-state index contributed by atoms with van der Waals surface area (Å²) in [7, 11) is -5.72. The van der Waals surface area contributed by atoms with E-state index in [-0.39, 0.29) is 5.78 Å². The van der Waals surface area contributed by atoms with E-state index in [1.54, 1.807) is 6.92 Å². The Labute approximate surface area is 213 Å². The quantitative estimate of drug-likeness (QED) is 0.166. The molecule has 0 aromatic heterocycles. The van der Waals surface area contributed by atoms with Crippen LogP contribution < -0.4 is 0 Å². The van der Waals surface area contributed by atoms with Crippen molar-refractivity contribution in [3.05, 3.63) is 33.8 Å². The molecule has 0 N–H and O–H groups in total. The van der Waals surface area contributed by atoms with E-state index in [4.69, 9.17) is 38.2 Å². The van der Waals surface area contributed by atoms with Crippen LogP contribution in [0.5, 0.6) is 0 Å². The standard InChI is InChI=1S/C24H43ClO7Si2/c1-8-27-33(28-9-2,29-10-3)16-14-21-18-23(25)19-22(24(21)20(7)26)15-17-34(30-11-4,31-12-5)32-13-6/h18-19H,8-17H2,1-7H3. The minimum absolute atomic E-state index is 0.00495. The Balaban J connectivity index is 3.29. The lowest BCUT2D eigenvalue weighted by Crippen LogP contribution is -2.46. The fourth-order valence-electron chi connectivity index (χ4n) is 4.15. The van der Waals surface area contributed by atoms with E-state index in [0.717, 1.165) is 11.1 Å². The van der Waals surface area contributed by atoms with Crippen molar-refractivity contribution in [2.24, 2.45) is 0 Å². The minimum atomic E-state index is -2.86. The normalized spacial score (nSPS) is 12.4. The molecule has 0 amide bonds. The highest BCUT2D eigenvalue weighted by atomic mass is 35.5. The van der Waals surface area contributed by atoms with Crippen LogP contribution in [-0.2, 0) is 39.4 Å². The molecule has 0 heterocycles. The Morgan fingerprint density at radius 1 is 0.676 bits per heavy atom. The van der Waals surface area contributed by atoms with Crippen LogP contribution in [0.3, 0.4) is 0 Å². The van der Waals surface area contributed by atoms with Crippen molar-refractivity contribution < 1.29 is 31.4 Å². The Morgan fingerprint density at radius 2 is 0.971 bits per heavy atom. The molecule has 7 nitrogen and oxygen atoms in total. The Bertz CT molecular complexity index is 663. The molecule has 0 aliphatic rings. The Kier molecular flexibility index (Phi) is 14.9. The lowest BCUT2D eigenvalue weighted by Gasteiger charge is -2.29. The number of hydrogen-bond donors (Lipinski definition) is 0. The van der Waals surface area contributed by atoms with Gasteiger partial charge in [0.1, 0.15) is 0 Å². The molecule has 196 valence electrons. The van der Waals surface area contributed by atoms with Crippen molar-refractivity contribution in [1.82, 2.24) is 0 Å². The largest absolute Gasteiger partial charge is 0.501 e. The molecule has 1 rings (SSSR count). The predicted octanol–water partition coefficient (Wildman–Crippen LogP) is 5.72. The second-order valence-electron chi connectivity index (χ2n) is 7.62. The molecule has 34 heavy (non-hydrogen) atoms. The predicted molar refractivity (Wildman–Crippen MR) is 140 cm³/mol. The van der Waals surface area contributed by atoms with Gasteiger partial charge in [-0.15, -0.1) is 0 Å². The third-order valence-corrected chi connectivity index (χ3v) is 11.5. The first kappa shape index (κ1) is 31.4. The number of ketones is 1. The lowest BCUT2D eigenvalue weighted by atomic mass is 9.95. The average Bonchev–Trinajstić information content (AvgIpc) is 2.77. The molecule has 1 aromatic carbocycles. The first-order valence-electron chi connectivity index (χ1n) is 12.4. The van der Waals surface area contributed by atoms with Gasteiger partial charge in [0.15, 0.2) is 5.78 Å². The van der Waals surface area contributed by atoms with Gasteiger partial charge in [0.25, 0.3) is 0 Å². The van der Waals surface area contributed by atoms with Gasteiger partial charge in [0, 0.05) is 62.3 Å². The summed E-state index contributed by atoms with van der Waals surface area (Å²) in [6.45, 7) is 16.2. The zero-order valence-corrected chi connectivity index (χ0v) is 24.7. The van der Waals surface area contributed by atoms with Gasteiger partial charge in [0.05, 0.1) is 0 Å². The third kappa shape index (κ3) is 9.44. The van der Waals surface area contributed by atoms with E-state index in [1.807, 2.05) is 53.7 Å². The second kappa shape index (κ2) is 16.2. The summed E-state index contributed by atoms with van der Waals surface area (Å²) in [4.78, 5) is 12.8. The molecule has 0 atom stereocenters. The Hall–Kier alpha value is -0.626. The van der Waals surface area contributed by atoms with Crippen molar-refractivity contribution in [2.45, 2.75) is 73.4 Å². The fourth-order valence-corrected chi connectivity index (χ4v) is 9.57. The smallest absolute Gasteiger partial charge is 0.374 e. The minimum Gasteiger partial charge on any atom is -0.374 e. The lowest BCUT2D eigenvalue weighted by molar-refractivity contribution is 0.0707. The molecular weight excluding hydrogens is 492 g/mol. The molecule has 1 aromatic rings. The fraction of sp³-hybridized carbons (Fsp3) is 0.708. The van der Waals surface area contributed by atoms with Gasteiger partial charge in [-0.25, -0.2) is 0 Å². The highest BCUT2D eigenvalue weighted by molar-refractivity contribution is 6.61. The molecular formula is C24H43ClO7Si2. The second-order valence-corrected chi connectivity index (χ2v) is 13.5. The van der Waals surface area contributed by atoms with Crippen LogP contribution in [0.4, 0.5) is 0 Å². The summed E-state index contributed by atoms with van der Waals surface area (Å²) in [6, 6.07) is 4.86. The monoisotopic (exact) mass is 534 g/mol. The van der Waals surface area contributed by atoms with Gasteiger partial charge in [-0.1, -0.05) is 11.6 Å². The van der Waals surface area contributed by atoms with Crippen LogP contribution in [0.15, 0.2) is 12.1 Å². The maximum absolute atomic E-state index is 12.8. The first-order valence-corrected chi connectivity index (χ1v) is 16.7. The molecule has 0 bridgehead atoms. The highest BCUT2D eigenvalue weighted by Crippen LogP contribution is 2.29. The van der Waals surface area contributed by atoms with Crippen LogP contribution in [0.2, 0.25) is 17.1 Å². The van der Waals surface area contributed by atoms with E-state index < -0.39 is 17.6 Å². The molecule has 0 unspecified atom stereocenters. The van der Waals surface area contributed by atoms with Crippen LogP contribution in [0.25, 0.3) is 0 Å². The maximum Gasteiger partial charge on any atom is 0.501 e. The van der Waals surface area contributed by atoms with Gasteiger partial charge < -0.3 is 26.6 Å². The molecule has 0 saturated heterocycles. The molecule has 0 fully saturated rings. The van der Waals surface area contributed by atoms with Crippen LogP contribution in [-0.4, -0.2) is 63.0 Å². The number of benzene rings is 1. The zero-order valence-electron chi connectivity index (χ0n) is 22.0. The molecule has 0 radical (unpaired) electrons. The molecule has 0 spiro atoms. The van der Waals surface area contributed by atoms with Crippen LogP contribution in [0.1, 0.15) is 70.0 Å². The topological polar surface area (TPSA) is 72.5 Å². The summed E-state index contributed by atoms with van der Waals surface area (Å²) >= 11 is 6.52. The van der Waals surface area contributed by atoms with E-state index in [9.17, 15) is 4.79 Å². The van der Waals surface area contributed by atoms with Crippen molar-refractivity contribution >= 4 is 35.0 Å². The summed E-state index contributed by atoms with van der Waals surface area (Å²) in [5.41, 5.74) is 2.44. The number of aryl methyl sites for hydroxylation is 2. The van der Waals surface area contributed by atoms with E-state index >= 15 is 0 Å². The van der Waals surface area contributed by atoms with E-state index in [0.29, 0.717) is 75.2 Å². The van der Waals surface area contributed by atoms with Gasteiger partial charge in [-0.3, -0.25) is 4.79 Å². The Morgan fingerprint density at radius 3 is 1.21 bits per heavy atom. The summed E-state index contributed by atoms with van der Waals surface area (Å²) < 4.78 is 36.0. The van der Waals surface area contributed by atoms with Crippen molar-refractivity contribution in [1.29, 1.82) is 0 Å². The number of rotatable bonds is 19. The van der Waals surface area contributed by atoms with Gasteiger partial charge in [-0.05, 0) is 84.6 Å². The van der Waals surface area contributed by atoms with Crippen molar-refractivity contribution in [3.8, 4) is 0 Å².